The number of nitrogens with zero attached hydrogens (tertiary/aromatic N) is 2. The summed E-state index contributed by atoms with van der Waals surface area (Å²) in [7, 11) is 0. The minimum absolute atomic E-state index is 0. The van der Waals surface area contributed by atoms with Crippen molar-refractivity contribution in [3.63, 3.8) is 0 Å². The van der Waals surface area contributed by atoms with Crippen LogP contribution in [0.25, 0.3) is 22.2 Å². The normalized spacial score (nSPS) is 14.7. The van der Waals surface area contributed by atoms with Gasteiger partial charge < -0.3 is 9.30 Å². The Kier molecular flexibility index (Phi) is 3.42. The van der Waals surface area contributed by atoms with Crippen molar-refractivity contribution in [3.8, 4) is 17.1 Å². The van der Waals surface area contributed by atoms with E-state index >= 15 is 0 Å². The molecular weight excluding hydrogens is 452 g/mol. The molecule has 4 rings (SSSR count). The van der Waals surface area contributed by atoms with E-state index in [1.165, 1.54) is 0 Å². The van der Waals surface area contributed by atoms with E-state index in [0.29, 0.717) is 0 Å². The zero-order valence-corrected chi connectivity index (χ0v) is 15.4. The predicted octanol–water partition coefficient (Wildman–Crippen LogP) is 4.20. The molecule has 0 amide bonds. The van der Waals surface area contributed by atoms with Crippen LogP contribution in [-0.2, 0) is 25.8 Å². The smallest absolute Gasteiger partial charge is 0.163 e. The second-order valence-corrected chi connectivity index (χ2v) is 6.07. The molecule has 2 heterocycles. The summed E-state index contributed by atoms with van der Waals surface area (Å²) in [5.41, 5.74) is 2.67. The van der Waals surface area contributed by atoms with Crippen LogP contribution < -0.4 is 4.74 Å². The quantitative estimate of drug-likeness (QED) is 0.462. The molecule has 3 nitrogen and oxygen atoms in total. The SMILES string of the molecule is Cc1nc2n(c1C)C(C)(C)Oc1c-2[c-]cc2ccccc12.[Ir]. The maximum Gasteiger partial charge on any atom is 0.163 e. The average molecular weight is 470 g/mol. The number of aryl methyl sites for hydroxylation is 1. The number of ether oxygens (including phenoxy) is 1. The van der Waals surface area contributed by atoms with Crippen molar-refractivity contribution < 1.29 is 24.8 Å². The summed E-state index contributed by atoms with van der Waals surface area (Å²) < 4.78 is 8.51. The van der Waals surface area contributed by atoms with Gasteiger partial charge in [-0.1, -0.05) is 40.6 Å². The molecule has 0 N–H and O–H groups in total. The van der Waals surface area contributed by atoms with Gasteiger partial charge in [0.1, 0.15) is 0 Å². The van der Waals surface area contributed by atoms with Crippen LogP contribution in [0.3, 0.4) is 0 Å². The topological polar surface area (TPSA) is 27.1 Å². The molecule has 0 spiro atoms. The fourth-order valence-corrected chi connectivity index (χ4v) is 3.18. The maximum absolute atomic E-state index is 6.34. The van der Waals surface area contributed by atoms with Crippen molar-refractivity contribution in [1.82, 2.24) is 9.55 Å². The van der Waals surface area contributed by atoms with E-state index in [4.69, 9.17) is 9.72 Å². The Balaban J connectivity index is 0.00000144. The van der Waals surface area contributed by atoms with Gasteiger partial charge in [-0.2, -0.15) is 0 Å². The van der Waals surface area contributed by atoms with Gasteiger partial charge in [0, 0.05) is 37.2 Å². The Labute approximate surface area is 143 Å². The summed E-state index contributed by atoms with van der Waals surface area (Å²) in [5.74, 6) is 1.83. The van der Waals surface area contributed by atoms with Crippen LogP contribution in [0, 0.1) is 19.9 Å². The van der Waals surface area contributed by atoms with Crippen LogP contribution in [0.15, 0.2) is 30.3 Å². The Hall–Kier alpha value is -1.64. The Morgan fingerprint density at radius 2 is 1.91 bits per heavy atom. The average Bonchev–Trinajstić information content (AvgIpc) is 2.75. The minimum atomic E-state index is -0.453. The predicted molar refractivity (Wildman–Crippen MR) is 83.4 cm³/mol. The van der Waals surface area contributed by atoms with E-state index in [9.17, 15) is 0 Å². The number of rotatable bonds is 0. The molecule has 0 fully saturated rings. The van der Waals surface area contributed by atoms with Crippen LogP contribution >= 0.6 is 0 Å². The molecule has 22 heavy (non-hydrogen) atoms. The first-order chi connectivity index (χ1) is 9.99. The van der Waals surface area contributed by atoms with E-state index in [-0.39, 0.29) is 20.1 Å². The van der Waals surface area contributed by atoms with E-state index in [1.807, 2.05) is 25.1 Å². The van der Waals surface area contributed by atoms with Crippen LogP contribution in [0.4, 0.5) is 0 Å². The van der Waals surface area contributed by atoms with E-state index in [1.54, 1.807) is 0 Å². The van der Waals surface area contributed by atoms with Gasteiger partial charge in [0.25, 0.3) is 0 Å². The molecule has 0 saturated carbocycles. The van der Waals surface area contributed by atoms with Crippen molar-refractivity contribution in [1.29, 1.82) is 0 Å². The van der Waals surface area contributed by atoms with Crippen molar-refractivity contribution in [3.05, 3.63) is 47.8 Å². The third-order valence-corrected chi connectivity index (χ3v) is 4.26. The van der Waals surface area contributed by atoms with Gasteiger partial charge in [-0.3, -0.25) is 4.98 Å². The third kappa shape index (κ3) is 1.94. The zero-order chi connectivity index (χ0) is 14.8. The molecule has 0 atom stereocenters. The zero-order valence-electron chi connectivity index (χ0n) is 13.0. The molecule has 0 bridgehead atoms. The molecule has 4 heteroatoms. The second kappa shape index (κ2) is 4.94. The van der Waals surface area contributed by atoms with Crippen LogP contribution in [0.1, 0.15) is 25.2 Å². The Morgan fingerprint density at radius 1 is 1.18 bits per heavy atom. The number of hydrogen-bond donors (Lipinski definition) is 0. The first kappa shape index (κ1) is 15.3. The number of imidazole rings is 1. The molecule has 1 radical (unpaired) electrons. The van der Waals surface area contributed by atoms with Gasteiger partial charge in [-0.05, 0) is 27.7 Å². The first-order valence-corrected chi connectivity index (χ1v) is 7.18. The summed E-state index contributed by atoms with van der Waals surface area (Å²) >= 11 is 0. The van der Waals surface area contributed by atoms with Gasteiger partial charge in [0.2, 0.25) is 0 Å². The fourth-order valence-electron chi connectivity index (χ4n) is 3.18. The van der Waals surface area contributed by atoms with Crippen molar-refractivity contribution in [2.24, 2.45) is 0 Å². The summed E-state index contributed by atoms with van der Waals surface area (Å²) in [4.78, 5) is 4.75. The molecule has 0 saturated heterocycles. The van der Waals surface area contributed by atoms with Crippen molar-refractivity contribution in [2.75, 3.05) is 0 Å². The van der Waals surface area contributed by atoms with Crippen LogP contribution in [-0.4, -0.2) is 9.55 Å². The summed E-state index contributed by atoms with van der Waals surface area (Å²) in [5, 5.41) is 2.25. The molecular formula is C18H17IrN2O-. The molecule has 115 valence electrons. The summed E-state index contributed by atoms with van der Waals surface area (Å²) in [6.07, 6.45) is 0. The Bertz CT molecular complexity index is 880. The van der Waals surface area contributed by atoms with E-state index in [2.05, 4.69) is 43.5 Å². The van der Waals surface area contributed by atoms with Crippen molar-refractivity contribution >= 4 is 10.8 Å². The molecule has 0 aliphatic carbocycles. The van der Waals surface area contributed by atoms with Gasteiger partial charge in [0.05, 0.1) is 5.82 Å². The fraction of sp³-hybridized carbons (Fsp3) is 0.278. The van der Waals surface area contributed by atoms with Gasteiger partial charge in [-0.15, -0.1) is 12.1 Å². The van der Waals surface area contributed by atoms with Gasteiger partial charge in [-0.25, -0.2) is 0 Å². The Morgan fingerprint density at radius 3 is 2.68 bits per heavy atom. The molecule has 1 aliphatic rings. The number of aromatic nitrogens is 2. The number of fused-ring (bicyclic) bond motifs is 5. The first-order valence-electron chi connectivity index (χ1n) is 7.18. The number of benzene rings is 2. The minimum Gasteiger partial charge on any atom is -0.514 e. The second-order valence-electron chi connectivity index (χ2n) is 6.07. The largest absolute Gasteiger partial charge is 0.514 e. The van der Waals surface area contributed by atoms with Crippen LogP contribution in [0.2, 0.25) is 0 Å². The van der Waals surface area contributed by atoms with Crippen molar-refractivity contribution in [2.45, 2.75) is 33.4 Å². The van der Waals surface area contributed by atoms with Gasteiger partial charge >= 0.3 is 0 Å². The molecule has 2 aromatic carbocycles. The summed E-state index contributed by atoms with van der Waals surface area (Å²) in [6.45, 7) is 8.28. The van der Waals surface area contributed by atoms with E-state index < -0.39 is 5.72 Å². The standard InChI is InChI=1S/C18H17N2O.Ir/c1-11-12(2)20-17(19-11)15-10-9-13-7-5-6-8-14(13)16(15)21-18(20,3)4;/h5-9H,1-4H3;/q-1;. The third-order valence-electron chi connectivity index (χ3n) is 4.26. The molecule has 3 aromatic rings. The maximum atomic E-state index is 6.34. The number of hydrogen-bond acceptors (Lipinski definition) is 2. The molecule has 1 aromatic heterocycles. The van der Waals surface area contributed by atoms with E-state index in [0.717, 1.165) is 39.3 Å². The van der Waals surface area contributed by atoms with Gasteiger partial charge in [0.15, 0.2) is 5.72 Å². The molecule has 1 aliphatic heterocycles. The molecule has 0 unspecified atom stereocenters. The monoisotopic (exact) mass is 470 g/mol. The van der Waals surface area contributed by atoms with Crippen LogP contribution in [0.5, 0.6) is 5.75 Å². The summed E-state index contributed by atoms with van der Waals surface area (Å²) in [6, 6.07) is 13.6.